The van der Waals surface area contributed by atoms with Crippen LogP contribution in [0.1, 0.15) is 46.0 Å². The quantitative estimate of drug-likeness (QED) is 0.829. The molecule has 4 heteroatoms. The van der Waals surface area contributed by atoms with Crippen molar-refractivity contribution in [2.45, 2.75) is 58.5 Å². The normalized spacial score (nSPS) is 24.6. The Morgan fingerprint density at radius 1 is 1.35 bits per heavy atom. The molecule has 114 valence electrons. The molecule has 1 aromatic rings. The first kappa shape index (κ1) is 15.4. The van der Waals surface area contributed by atoms with E-state index in [0.717, 1.165) is 24.3 Å². The molecule has 20 heavy (non-hydrogen) atoms. The van der Waals surface area contributed by atoms with E-state index in [1.165, 1.54) is 32.1 Å². The van der Waals surface area contributed by atoms with Gasteiger partial charge in [-0.05, 0) is 31.6 Å². The van der Waals surface area contributed by atoms with Crippen LogP contribution in [0.3, 0.4) is 0 Å². The summed E-state index contributed by atoms with van der Waals surface area (Å²) in [6.07, 6.45) is 10.9. The topological polar surface area (TPSA) is 39.1 Å². The highest BCUT2D eigenvalue weighted by molar-refractivity contribution is 5.27. The van der Waals surface area contributed by atoms with E-state index in [-0.39, 0.29) is 6.04 Å². The van der Waals surface area contributed by atoms with Crippen LogP contribution >= 0.6 is 0 Å². The summed E-state index contributed by atoms with van der Waals surface area (Å²) in [5.74, 6) is 2.76. The predicted octanol–water partition coefficient (Wildman–Crippen LogP) is 3.55. The zero-order chi connectivity index (χ0) is 14.4. The van der Waals surface area contributed by atoms with Gasteiger partial charge in [0, 0.05) is 32.1 Å². The van der Waals surface area contributed by atoms with Crippen molar-refractivity contribution in [2.75, 3.05) is 19.0 Å². The van der Waals surface area contributed by atoms with Crippen LogP contribution in [0.4, 0.5) is 5.95 Å². The van der Waals surface area contributed by atoms with Gasteiger partial charge in [0.25, 0.3) is 0 Å². The standard InChI is InChI=1S/C16H29N3O/c1-4-14-5-7-15(8-6-14)11-19-10-9-17-16(19)18-13(2)12-20-3/h9-10,13-15H,4-8,11-12H2,1-3H3,(H,17,18). The monoisotopic (exact) mass is 279 g/mol. The molecular weight excluding hydrogens is 250 g/mol. The smallest absolute Gasteiger partial charge is 0.203 e. The van der Waals surface area contributed by atoms with Gasteiger partial charge in [-0.3, -0.25) is 0 Å². The fourth-order valence-corrected chi connectivity index (χ4v) is 3.21. The Morgan fingerprint density at radius 3 is 2.70 bits per heavy atom. The first-order valence-electron chi connectivity index (χ1n) is 7.99. The van der Waals surface area contributed by atoms with Crippen LogP contribution in [0.15, 0.2) is 12.4 Å². The molecule has 0 spiro atoms. The van der Waals surface area contributed by atoms with Gasteiger partial charge in [-0.25, -0.2) is 4.98 Å². The minimum atomic E-state index is 0.289. The average Bonchev–Trinajstić information content (AvgIpc) is 2.87. The van der Waals surface area contributed by atoms with Gasteiger partial charge in [0.2, 0.25) is 5.95 Å². The molecule has 1 aromatic heterocycles. The largest absolute Gasteiger partial charge is 0.383 e. The third-order valence-corrected chi connectivity index (χ3v) is 4.51. The van der Waals surface area contributed by atoms with E-state index in [0.29, 0.717) is 6.61 Å². The van der Waals surface area contributed by atoms with Crippen LogP contribution in [-0.4, -0.2) is 29.3 Å². The minimum absolute atomic E-state index is 0.289. The number of hydrogen-bond donors (Lipinski definition) is 1. The van der Waals surface area contributed by atoms with Gasteiger partial charge in [-0.1, -0.05) is 26.2 Å². The van der Waals surface area contributed by atoms with Gasteiger partial charge in [-0.2, -0.15) is 0 Å². The van der Waals surface area contributed by atoms with E-state index >= 15 is 0 Å². The molecule has 1 N–H and O–H groups in total. The van der Waals surface area contributed by atoms with Gasteiger partial charge in [-0.15, -0.1) is 0 Å². The summed E-state index contributed by atoms with van der Waals surface area (Å²) < 4.78 is 7.43. The number of methoxy groups -OCH3 is 1. The molecule has 0 bridgehead atoms. The average molecular weight is 279 g/mol. The second kappa shape index (κ2) is 7.67. The van der Waals surface area contributed by atoms with Crippen molar-refractivity contribution in [1.82, 2.24) is 9.55 Å². The maximum absolute atomic E-state index is 5.17. The molecule has 4 nitrogen and oxygen atoms in total. The van der Waals surface area contributed by atoms with Crippen molar-refractivity contribution < 1.29 is 4.74 Å². The van der Waals surface area contributed by atoms with Gasteiger partial charge in [0.15, 0.2) is 0 Å². The van der Waals surface area contributed by atoms with Gasteiger partial charge in [0.05, 0.1) is 6.61 Å². The van der Waals surface area contributed by atoms with Crippen molar-refractivity contribution in [3.63, 3.8) is 0 Å². The lowest BCUT2D eigenvalue weighted by Crippen LogP contribution is -2.25. The van der Waals surface area contributed by atoms with E-state index in [1.54, 1.807) is 7.11 Å². The first-order valence-corrected chi connectivity index (χ1v) is 7.99. The van der Waals surface area contributed by atoms with E-state index in [1.807, 2.05) is 6.20 Å². The number of aromatic nitrogens is 2. The van der Waals surface area contributed by atoms with E-state index in [2.05, 4.69) is 34.9 Å². The van der Waals surface area contributed by atoms with Crippen LogP contribution < -0.4 is 5.32 Å². The van der Waals surface area contributed by atoms with E-state index in [9.17, 15) is 0 Å². The summed E-state index contributed by atoms with van der Waals surface area (Å²) >= 11 is 0. The van der Waals surface area contributed by atoms with Crippen molar-refractivity contribution in [3.05, 3.63) is 12.4 Å². The van der Waals surface area contributed by atoms with E-state index < -0.39 is 0 Å². The third kappa shape index (κ3) is 4.23. The Kier molecular flexibility index (Phi) is 5.89. The Hall–Kier alpha value is -1.03. The number of ether oxygens (including phenoxy) is 1. The highest BCUT2D eigenvalue weighted by Gasteiger charge is 2.21. The highest BCUT2D eigenvalue weighted by Crippen LogP contribution is 2.31. The molecule has 0 aliphatic heterocycles. The predicted molar refractivity (Wildman–Crippen MR) is 82.9 cm³/mol. The Morgan fingerprint density at radius 2 is 2.05 bits per heavy atom. The molecule has 2 rings (SSSR count). The summed E-state index contributed by atoms with van der Waals surface area (Å²) in [6, 6.07) is 0.289. The molecule has 0 saturated heterocycles. The maximum atomic E-state index is 5.17. The lowest BCUT2D eigenvalue weighted by molar-refractivity contribution is 0.190. The third-order valence-electron chi connectivity index (χ3n) is 4.51. The number of imidazole rings is 1. The lowest BCUT2D eigenvalue weighted by atomic mass is 9.81. The second-order valence-corrected chi connectivity index (χ2v) is 6.20. The van der Waals surface area contributed by atoms with Crippen molar-refractivity contribution in [3.8, 4) is 0 Å². The fraction of sp³-hybridized carbons (Fsp3) is 0.812. The zero-order valence-corrected chi connectivity index (χ0v) is 13.1. The summed E-state index contributed by atoms with van der Waals surface area (Å²) in [5, 5.41) is 3.43. The van der Waals surface area contributed by atoms with Crippen molar-refractivity contribution in [1.29, 1.82) is 0 Å². The number of rotatable bonds is 7. The number of hydrogen-bond acceptors (Lipinski definition) is 3. The molecule has 1 aliphatic carbocycles. The Bertz CT molecular complexity index is 383. The first-order chi connectivity index (χ1) is 9.72. The summed E-state index contributed by atoms with van der Waals surface area (Å²) in [5.41, 5.74) is 0. The molecule has 1 aliphatic rings. The molecule has 1 atom stereocenters. The van der Waals surface area contributed by atoms with Crippen LogP contribution in [0.25, 0.3) is 0 Å². The minimum Gasteiger partial charge on any atom is -0.383 e. The molecule has 0 radical (unpaired) electrons. The summed E-state index contributed by atoms with van der Waals surface area (Å²) in [7, 11) is 1.73. The molecule has 0 aromatic carbocycles. The van der Waals surface area contributed by atoms with Crippen LogP contribution in [-0.2, 0) is 11.3 Å². The maximum Gasteiger partial charge on any atom is 0.203 e. The van der Waals surface area contributed by atoms with Crippen LogP contribution in [0, 0.1) is 11.8 Å². The summed E-state index contributed by atoms with van der Waals surface area (Å²) in [6.45, 7) is 6.24. The van der Waals surface area contributed by atoms with Crippen LogP contribution in [0.5, 0.6) is 0 Å². The van der Waals surface area contributed by atoms with Gasteiger partial charge >= 0.3 is 0 Å². The molecule has 1 unspecified atom stereocenters. The number of nitrogens with one attached hydrogen (secondary N) is 1. The van der Waals surface area contributed by atoms with E-state index in [4.69, 9.17) is 4.74 Å². The Labute approximate surface area is 122 Å². The van der Waals surface area contributed by atoms with Gasteiger partial charge < -0.3 is 14.6 Å². The molecule has 1 heterocycles. The SMILES string of the molecule is CCC1CCC(Cn2ccnc2NC(C)COC)CC1. The van der Waals surface area contributed by atoms with Crippen molar-refractivity contribution >= 4 is 5.95 Å². The fourth-order valence-electron chi connectivity index (χ4n) is 3.21. The van der Waals surface area contributed by atoms with Crippen molar-refractivity contribution in [2.24, 2.45) is 11.8 Å². The molecule has 1 fully saturated rings. The van der Waals surface area contributed by atoms with Gasteiger partial charge in [0.1, 0.15) is 0 Å². The zero-order valence-electron chi connectivity index (χ0n) is 13.1. The Balaban J connectivity index is 1.86. The molecular formula is C16H29N3O. The molecule has 0 amide bonds. The lowest BCUT2D eigenvalue weighted by Gasteiger charge is -2.28. The number of nitrogens with zero attached hydrogens (tertiary/aromatic N) is 2. The number of anilines is 1. The highest BCUT2D eigenvalue weighted by atomic mass is 16.5. The second-order valence-electron chi connectivity index (χ2n) is 6.20. The summed E-state index contributed by atoms with van der Waals surface area (Å²) in [4.78, 5) is 4.43. The molecule has 1 saturated carbocycles. The van der Waals surface area contributed by atoms with Crippen LogP contribution in [0.2, 0.25) is 0 Å².